The first-order valence-corrected chi connectivity index (χ1v) is 12.1. The van der Waals surface area contributed by atoms with Crippen molar-refractivity contribution in [1.82, 2.24) is 14.9 Å². The molecule has 0 unspecified atom stereocenters. The van der Waals surface area contributed by atoms with Crippen LogP contribution in [-0.2, 0) is 16.0 Å². The van der Waals surface area contributed by atoms with E-state index < -0.39 is 5.97 Å². The lowest BCUT2D eigenvalue weighted by atomic mass is 10.1. The number of aromatic amines is 1. The van der Waals surface area contributed by atoms with Crippen LogP contribution in [0.15, 0.2) is 54.7 Å². The Morgan fingerprint density at radius 3 is 2.68 bits per heavy atom. The zero-order valence-corrected chi connectivity index (χ0v) is 19.5. The van der Waals surface area contributed by atoms with E-state index in [1.807, 2.05) is 30.5 Å². The summed E-state index contributed by atoms with van der Waals surface area (Å²) >= 11 is 1.48. The van der Waals surface area contributed by atoms with Gasteiger partial charge in [-0.15, -0.1) is 11.3 Å². The van der Waals surface area contributed by atoms with Gasteiger partial charge in [-0.05, 0) is 48.6 Å². The predicted octanol–water partition coefficient (Wildman–Crippen LogP) is 5.51. The monoisotopic (exact) mass is 477 g/mol. The first-order chi connectivity index (χ1) is 16.5. The van der Waals surface area contributed by atoms with Gasteiger partial charge < -0.3 is 14.6 Å². The van der Waals surface area contributed by atoms with Crippen molar-refractivity contribution in [1.29, 1.82) is 0 Å². The van der Waals surface area contributed by atoms with Gasteiger partial charge in [-0.3, -0.25) is 9.59 Å². The highest BCUT2D eigenvalue weighted by Gasteiger charge is 2.32. The predicted molar refractivity (Wildman–Crippen MR) is 129 cm³/mol. The number of aromatic nitrogens is 2. The average molecular weight is 478 g/mol. The van der Waals surface area contributed by atoms with E-state index in [-0.39, 0.29) is 18.5 Å². The van der Waals surface area contributed by atoms with E-state index in [9.17, 15) is 14.0 Å². The number of nitrogens with one attached hydrogen (secondary N) is 1. The summed E-state index contributed by atoms with van der Waals surface area (Å²) in [7, 11) is 0. The van der Waals surface area contributed by atoms with Crippen LogP contribution in [0.3, 0.4) is 0 Å². The normalized spacial score (nSPS) is 13.2. The number of carbonyl (C=O) groups is 2. The average Bonchev–Trinajstić information content (AvgIpc) is 3.46. The van der Waals surface area contributed by atoms with Crippen LogP contribution >= 0.6 is 11.3 Å². The molecule has 1 fully saturated rings. The van der Waals surface area contributed by atoms with E-state index in [1.165, 1.54) is 35.3 Å². The summed E-state index contributed by atoms with van der Waals surface area (Å²) in [4.78, 5) is 35.4. The van der Waals surface area contributed by atoms with Crippen molar-refractivity contribution >= 4 is 34.1 Å². The Hall–Kier alpha value is -3.52. The number of nitrogens with zero attached hydrogens (tertiary/aromatic N) is 2. The summed E-state index contributed by atoms with van der Waals surface area (Å²) in [5.41, 5.74) is 3.18. The van der Waals surface area contributed by atoms with Gasteiger partial charge in [0, 0.05) is 36.5 Å². The maximum absolute atomic E-state index is 13.7. The quantitative estimate of drug-likeness (QED) is 0.268. The fourth-order valence-electron chi connectivity index (χ4n) is 3.92. The number of esters is 1. The van der Waals surface area contributed by atoms with Gasteiger partial charge in [0.2, 0.25) is 0 Å². The fourth-order valence-corrected chi connectivity index (χ4v) is 5.15. The molecule has 2 aromatic heterocycles. The molecule has 6 nitrogen and oxygen atoms in total. The van der Waals surface area contributed by atoms with E-state index >= 15 is 0 Å². The van der Waals surface area contributed by atoms with Crippen molar-refractivity contribution in [2.45, 2.75) is 32.1 Å². The molecule has 0 aliphatic heterocycles. The molecule has 2 aromatic carbocycles. The summed E-state index contributed by atoms with van der Waals surface area (Å²) in [5.74, 6) is -0.721. The third kappa shape index (κ3) is 4.72. The molecule has 0 saturated heterocycles. The SMILES string of the molecule is CC(=O)OCN(CCc1c[nH]c2ccccc12)C(=O)c1nc(C2CC2)sc1-c1ccc(F)cc1. The third-order valence-electron chi connectivity index (χ3n) is 5.92. The van der Waals surface area contributed by atoms with E-state index in [2.05, 4.69) is 4.98 Å². The molecular weight excluding hydrogens is 453 g/mol. The van der Waals surface area contributed by atoms with Gasteiger partial charge in [-0.2, -0.15) is 0 Å². The number of rotatable bonds is 8. The Morgan fingerprint density at radius 2 is 1.94 bits per heavy atom. The van der Waals surface area contributed by atoms with Crippen LogP contribution < -0.4 is 0 Å². The number of halogens is 1. The van der Waals surface area contributed by atoms with E-state index in [4.69, 9.17) is 9.72 Å². The minimum absolute atomic E-state index is 0.157. The van der Waals surface area contributed by atoms with Crippen LogP contribution in [0.4, 0.5) is 4.39 Å². The molecule has 1 amide bonds. The maximum atomic E-state index is 13.7. The summed E-state index contributed by atoms with van der Waals surface area (Å²) in [5, 5.41) is 2.02. The third-order valence-corrected chi connectivity index (χ3v) is 7.18. The Labute approximate surface area is 200 Å². The first-order valence-electron chi connectivity index (χ1n) is 11.2. The molecule has 0 atom stereocenters. The first kappa shape index (κ1) is 22.3. The molecule has 0 bridgehead atoms. The summed E-state index contributed by atoms with van der Waals surface area (Å²) in [6.07, 6.45) is 4.64. The van der Waals surface area contributed by atoms with E-state index in [0.29, 0.717) is 29.5 Å². The van der Waals surface area contributed by atoms with Crippen LogP contribution in [0, 0.1) is 5.82 Å². The van der Waals surface area contributed by atoms with Gasteiger partial charge in [-0.25, -0.2) is 9.37 Å². The standard InChI is InChI=1S/C26H24FN3O3S/c1-16(31)33-15-30(13-12-19-14-28-22-5-3-2-4-21(19)22)26(32)23-24(17-8-10-20(27)11-9-17)34-25(29-23)18-6-7-18/h2-5,8-11,14,18,28H,6-7,12-13,15H2,1H3. The van der Waals surface area contributed by atoms with Crippen LogP contribution in [0.2, 0.25) is 0 Å². The molecule has 1 aliphatic carbocycles. The zero-order valence-electron chi connectivity index (χ0n) is 18.7. The van der Waals surface area contributed by atoms with Gasteiger partial charge in [0.25, 0.3) is 5.91 Å². The number of fused-ring (bicyclic) bond motifs is 1. The molecule has 1 saturated carbocycles. The van der Waals surface area contributed by atoms with Crippen molar-refractivity contribution in [3.05, 3.63) is 76.8 Å². The van der Waals surface area contributed by atoms with Gasteiger partial charge in [0.15, 0.2) is 6.73 Å². The van der Waals surface area contributed by atoms with Crippen LogP contribution in [0.5, 0.6) is 0 Å². The summed E-state index contributed by atoms with van der Waals surface area (Å²) in [6.45, 7) is 1.52. The highest BCUT2D eigenvalue weighted by atomic mass is 32.1. The Kier molecular flexibility index (Phi) is 6.15. The molecule has 1 aliphatic rings. The largest absolute Gasteiger partial charge is 0.444 e. The minimum atomic E-state index is -0.458. The second kappa shape index (κ2) is 9.38. The van der Waals surface area contributed by atoms with Crippen molar-refractivity contribution in [2.24, 2.45) is 0 Å². The number of H-pyrrole nitrogens is 1. The Bertz CT molecular complexity index is 1340. The molecule has 0 radical (unpaired) electrons. The molecule has 0 spiro atoms. The highest BCUT2D eigenvalue weighted by Crippen LogP contribution is 2.45. The lowest BCUT2D eigenvalue weighted by Crippen LogP contribution is -2.36. The van der Waals surface area contributed by atoms with Crippen molar-refractivity contribution in [2.75, 3.05) is 13.3 Å². The molecule has 8 heteroatoms. The zero-order chi connectivity index (χ0) is 23.7. The van der Waals surface area contributed by atoms with Crippen molar-refractivity contribution < 1.29 is 18.7 Å². The van der Waals surface area contributed by atoms with Gasteiger partial charge in [-0.1, -0.05) is 30.3 Å². The molecule has 174 valence electrons. The van der Waals surface area contributed by atoms with E-state index in [1.54, 1.807) is 12.1 Å². The molecular formula is C26H24FN3O3S. The number of amides is 1. The lowest BCUT2D eigenvalue weighted by Gasteiger charge is -2.21. The van der Waals surface area contributed by atoms with Crippen molar-refractivity contribution in [3.8, 4) is 10.4 Å². The number of carbonyl (C=O) groups excluding carboxylic acids is 2. The van der Waals surface area contributed by atoms with Crippen molar-refractivity contribution in [3.63, 3.8) is 0 Å². The number of thiazole rings is 1. The summed E-state index contributed by atoms with van der Waals surface area (Å²) < 4.78 is 18.7. The molecule has 4 aromatic rings. The van der Waals surface area contributed by atoms with E-state index in [0.717, 1.165) is 39.9 Å². The van der Waals surface area contributed by atoms with Crippen LogP contribution in [0.1, 0.15) is 46.7 Å². The molecule has 2 heterocycles. The van der Waals surface area contributed by atoms with Crippen LogP contribution in [0.25, 0.3) is 21.3 Å². The van der Waals surface area contributed by atoms with Gasteiger partial charge >= 0.3 is 5.97 Å². The Balaban J connectivity index is 1.44. The smallest absolute Gasteiger partial charge is 0.304 e. The molecule has 34 heavy (non-hydrogen) atoms. The fraction of sp³-hybridized carbons (Fsp3) is 0.269. The summed E-state index contributed by atoms with van der Waals surface area (Å²) in [6, 6.07) is 14.1. The lowest BCUT2D eigenvalue weighted by molar-refractivity contribution is -0.144. The number of benzene rings is 2. The minimum Gasteiger partial charge on any atom is -0.444 e. The number of para-hydroxylation sites is 1. The second-order valence-corrected chi connectivity index (χ2v) is 9.48. The molecule has 1 N–H and O–H groups in total. The topological polar surface area (TPSA) is 75.3 Å². The molecule has 5 rings (SSSR count). The second-order valence-electron chi connectivity index (χ2n) is 8.45. The van der Waals surface area contributed by atoms with Gasteiger partial charge in [0.1, 0.15) is 11.5 Å². The highest BCUT2D eigenvalue weighted by molar-refractivity contribution is 7.15. The Morgan fingerprint density at radius 1 is 1.18 bits per heavy atom. The maximum Gasteiger partial charge on any atom is 0.304 e. The van der Waals surface area contributed by atoms with Gasteiger partial charge in [0.05, 0.1) is 9.88 Å². The van der Waals surface area contributed by atoms with Crippen LogP contribution in [-0.4, -0.2) is 40.0 Å². The number of hydrogen-bond acceptors (Lipinski definition) is 5. The number of ether oxygens (including phenoxy) is 1. The number of hydrogen-bond donors (Lipinski definition) is 1.